The Kier molecular flexibility index (Phi) is 9.78. The van der Waals surface area contributed by atoms with E-state index in [1.165, 1.54) is 0 Å². The van der Waals surface area contributed by atoms with E-state index in [9.17, 15) is 0 Å². The van der Waals surface area contributed by atoms with Crippen LogP contribution in [0, 0.1) is 35.2 Å². The van der Waals surface area contributed by atoms with Crippen LogP contribution in [0.15, 0.2) is 91.0 Å². The molecule has 134 valence electrons. The lowest BCUT2D eigenvalue weighted by atomic mass is 9.52. The summed E-state index contributed by atoms with van der Waals surface area (Å²) in [7, 11) is 0. The van der Waals surface area contributed by atoms with E-state index in [-0.39, 0.29) is 6.71 Å². The molecule has 28 heavy (non-hydrogen) atoms. The molecule has 2 heteroatoms. The summed E-state index contributed by atoms with van der Waals surface area (Å²) in [5.41, 5.74) is 2.90. The van der Waals surface area contributed by atoms with Crippen molar-refractivity contribution in [3.05, 3.63) is 108 Å². The van der Waals surface area contributed by atoms with Gasteiger partial charge in [0.05, 0.1) is 0 Å². The van der Waals surface area contributed by atoms with Crippen molar-refractivity contribution in [2.45, 2.75) is 0 Å². The third-order valence-electron chi connectivity index (χ3n) is 3.40. The molecule has 0 radical (unpaired) electrons. The maximum atomic E-state index is 3.18. The SMILES string of the molecule is C(#Cc1ccccc1)B(C#Cc1ccccc1)C#Cc1ccccc1.CSC. The van der Waals surface area contributed by atoms with Gasteiger partial charge in [0.2, 0.25) is 0 Å². The zero-order chi connectivity index (χ0) is 19.9. The Morgan fingerprint density at radius 1 is 0.500 bits per heavy atom. The molecule has 0 N–H and O–H groups in total. The van der Waals surface area contributed by atoms with Crippen LogP contribution in [0.1, 0.15) is 16.7 Å². The highest BCUT2D eigenvalue weighted by Gasteiger charge is 2.02. The summed E-state index contributed by atoms with van der Waals surface area (Å²) < 4.78 is 0. The summed E-state index contributed by atoms with van der Waals surface area (Å²) in [6.45, 7) is -0.305. The van der Waals surface area contributed by atoms with E-state index in [1.54, 1.807) is 11.8 Å². The van der Waals surface area contributed by atoms with Crippen LogP contribution in [0.5, 0.6) is 0 Å². The van der Waals surface area contributed by atoms with Gasteiger partial charge in [0.25, 0.3) is 0 Å². The van der Waals surface area contributed by atoms with Gasteiger partial charge in [-0.15, -0.1) is 17.5 Å². The number of hydrogen-bond donors (Lipinski definition) is 0. The highest BCUT2D eigenvalue weighted by molar-refractivity contribution is 7.97. The molecule has 0 unspecified atom stereocenters. The molecule has 0 aliphatic heterocycles. The van der Waals surface area contributed by atoms with E-state index in [1.807, 2.05) is 104 Å². The molecular weight excluding hydrogens is 355 g/mol. The minimum absolute atomic E-state index is 0.305. The van der Waals surface area contributed by atoms with Gasteiger partial charge in [0.1, 0.15) is 0 Å². The van der Waals surface area contributed by atoms with Crippen molar-refractivity contribution in [3.63, 3.8) is 0 Å². The molecule has 0 aromatic heterocycles. The van der Waals surface area contributed by atoms with E-state index in [2.05, 4.69) is 35.2 Å². The van der Waals surface area contributed by atoms with Crippen molar-refractivity contribution in [2.24, 2.45) is 0 Å². The average Bonchev–Trinajstić information content (AvgIpc) is 2.76. The molecular formula is C26H21BS. The van der Waals surface area contributed by atoms with Crippen LogP contribution in [0.2, 0.25) is 0 Å². The van der Waals surface area contributed by atoms with Crippen molar-refractivity contribution < 1.29 is 0 Å². The second-order valence-corrected chi connectivity index (χ2v) is 6.56. The van der Waals surface area contributed by atoms with Crippen molar-refractivity contribution >= 4 is 18.5 Å². The van der Waals surface area contributed by atoms with E-state index < -0.39 is 0 Å². The maximum Gasteiger partial charge on any atom is 0.396 e. The zero-order valence-electron chi connectivity index (χ0n) is 16.1. The normalized spacial score (nSPS) is 8.36. The van der Waals surface area contributed by atoms with Crippen molar-refractivity contribution in [1.29, 1.82) is 0 Å². The minimum Gasteiger partial charge on any atom is -0.169 e. The predicted molar refractivity (Wildman–Crippen MR) is 125 cm³/mol. The lowest BCUT2D eigenvalue weighted by molar-refractivity contribution is 1.65. The fourth-order valence-electron chi connectivity index (χ4n) is 2.14. The Morgan fingerprint density at radius 3 is 1.00 bits per heavy atom. The van der Waals surface area contributed by atoms with Gasteiger partial charge < -0.3 is 0 Å². The van der Waals surface area contributed by atoms with E-state index in [0.717, 1.165) is 16.7 Å². The largest absolute Gasteiger partial charge is 0.396 e. The highest BCUT2D eigenvalue weighted by Crippen LogP contribution is 1.98. The third kappa shape index (κ3) is 8.42. The number of rotatable bonds is 0. The van der Waals surface area contributed by atoms with Gasteiger partial charge in [-0.1, -0.05) is 72.4 Å². The molecule has 0 nitrogen and oxygen atoms in total. The molecule has 0 amide bonds. The maximum absolute atomic E-state index is 3.18. The molecule has 0 bridgehead atoms. The summed E-state index contributed by atoms with van der Waals surface area (Å²) in [5, 5.41) is 0. The van der Waals surface area contributed by atoms with E-state index in [4.69, 9.17) is 0 Å². The van der Waals surface area contributed by atoms with E-state index >= 15 is 0 Å². The summed E-state index contributed by atoms with van der Waals surface area (Å²) >= 11 is 1.75. The van der Waals surface area contributed by atoms with Gasteiger partial charge in [-0.3, -0.25) is 0 Å². The van der Waals surface area contributed by atoms with Gasteiger partial charge in [-0.05, 0) is 48.9 Å². The molecule has 0 aliphatic rings. The van der Waals surface area contributed by atoms with Crippen LogP contribution in [0.3, 0.4) is 0 Å². The fraction of sp³-hybridized carbons (Fsp3) is 0.0769. The van der Waals surface area contributed by atoms with Crippen LogP contribution in [0.4, 0.5) is 0 Å². The molecule has 0 saturated heterocycles. The smallest absolute Gasteiger partial charge is 0.169 e. The summed E-state index contributed by atoms with van der Waals surface area (Å²) in [6.07, 6.45) is 4.08. The lowest BCUT2D eigenvalue weighted by Crippen LogP contribution is -2.05. The summed E-state index contributed by atoms with van der Waals surface area (Å²) in [6, 6.07) is 29.7. The average molecular weight is 376 g/mol. The fourth-order valence-corrected chi connectivity index (χ4v) is 2.14. The Bertz CT molecular complexity index is 872. The summed E-state index contributed by atoms with van der Waals surface area (Å²) in [5.74, 6) is 19.0. The monoisotopic (exact) mass is 376 g/mol. The Hall–Kier alpha value is -3.25. The van der Waals surface area contributed by atoms with Gasteiger partial charge in [-0.25, -0.2) is 0 Å². The zero-order valence-corrected chi connectivity index (χ0v) is 17.0. The summed E-state index contributed by atoms with van der Waals surface area (Å²) in [4.78, 5) is 0. The molecule has 0 aliphatic carbocycles. The van der Waals surface area contributed by atoms with Gasteiger partial charge in [0.15, 0.2) is 0 Å². The van der Waals surface area contributed by atoms with Crippen LogP contribution < -0.4 is 0 Å². The molecule has 3 rings (SSSR count). The standard InChI is InChI=1S/C24H15B.C2H6S/c1-4-10-22(11-5-1)16-19-25(20-17-23-12-6-2-7-13-23)21-18-24-14-8-3-9-15-24;1-3-2/h1-15H;1-2H3. The third-order valence-corrected chi connectivity index (χ3v) is 3.40. The van der Waals surface area contributed by atoms with Crippen LogP contribution >= 0.6 is 11.8 Å². The van der Waals surface area contributed by atoms with Crippen molar-refractivity contribution in [3.8, 4) is 35.2 Å². The first kappa shape index (κ1) is 21.1. The predicted octanol–water partition coefficient (Wildman–Crippen LogP) is 5.23. The van der Waals surface area contributed by atoms with Gasteiger partial charge >= 0.3 is 6.71 Å². The first-order valence-electron chi connectivity index (χ1n) is 8.91. The molecule has 0 spiro atoms. The molecule has 3 aromatic rings. The molecule has 0 fully saturated rings. The first-order chi connectivity index (χ1) is 13.8. The van der Waals surface area contributed by atoms with E-state index in [0.29, 0.717) is 0 Å². The Balaban J connectivity index is 0.000000878. The quantitative estimate of drug-likeness (QED) is 0.382. The van der Waals surface area contributed by atoms with Crippen molar-refractivity contribution in [1.82, 2.24) is 0 Å². The molecule has 0 atom stereocenters. The Labute approximate surface area is 173 Å². The Morgan fingerprint density at radius 2 is 0.750 bits per heavy atom. The first-order valence-corrected chi connectivity index (χ1v) is 10.5. The minimum atomic E-state index is -0.305. The second kappa shape index (κ2) is 13.0. The highest BCUT2D eigenvalue weighted by atomic mass is 32.2. The number of thioether (sulfide) groups is 1. The van der Waals surface area contributed by atoms with Gasteiger partial charge in [-0.2, -0.15) is 11.8 Å². The number of hydrogen-bond acceptors (Lipinski definition) is 1. The molecule has 0 heterocycles. The van der Waals surface area contributed by atoms with Gasteiger partial charge in [0, 0.05) is 16.7 Å². The van der Waals surface area contributed by atoms with Crippen LogP contribution in [-0.2, 0) is 0 Å². The van der Waals surface area contributed by atoms with Crippen molar-refractivity contribution in [2.75, 3.05) is 12.5 Å². The topological polar surface area (TPSA) is 0 Å². The molecule has 3 aromatic carbocycles. The second-order valence-electron chi connectivity index (χ2n) is 5.75. The van der Waals surface area contributed by atoms with Crippen LogP contribution in [0.25, 0.3) is 0 Å². The van der Waals surface area contributed by atoms with Crippen LogP contribution in [-0.4, -0.2) is 19.2 Å². The lowest BCUT2D eigenvalue weighted by Gasteiger charge is -1.90. The molecule has 0 saturated carbocycles. The number of benzene rings is 3.